The van der Waals surface area contributed by atoms with Crippen molar-refractivity contribution in [2.24, 2.45) is 0 Å². The number of amides is 2. The molecule has 0 saturated carbocycles. The Morgan fingerprint density at radius 2 is 1.91 bits per heavy atom. The number of rotatable bonds is 5. The van der Waals surface area contributed by atoms with E-state index in [0.29, 0.717) is 13.2 Å². The monoisotopic (exact) mass is 320 g/mol. The fourth-order valence-corrected chi connectivity index (χ4v) is 2.38. The van der Waals surface area contributed by atoms with E-state index in [4.69, 9.17) is 4.74 Å². The van der Waals surface area contributed by atoms with Crippen LogP contribution in [-0.4, -0.2) is 43.6 Å². The summed E-state index contributed by atoms with van der Waals surface area (Å²) in [6.45, 7) is 4.54. The van der Waals surface area contributed by atoms with Crippen molar-refractivity contribution >= 4 is 23.5 Å². The second-order valence-corrected chi connectivity index (χ2v) is 5.03. The molecular weight excluding hydrogens is 300 g/mol. The molecule has 2 rings (SSSR count). The Labute approximate surface area is 134 Å². The molecule has 0 radical (unpaired) electrons. The van der Waals surface area contributed by atoms with Gasteiger partial charge >= 0.3 is 11.9 Å². The zero-order chi connectivity index (χ0) is 16.8. The second-order valence-electron chi connectivity index (χ2n) is 5.03. The minimum absolute atomic E-state index is 0.108. The third kappa shape index (κ3) is 4.21. The van der Waals surface area contributed by atoms with E-state index in [0.717, 1.165) is 11.4 Å². The number of esters is 1. The summed E-state index contributed by atoms with van der Waals surface area (Å²) in [6.07, 6.45) is 0.151. The first-order valence-corrected chi connectivity index (χ1v) is 7.56. The average Bonchev–Trinajstić information content (AvgIpc) is 2.89. The van der Waals surface area contributed by atoms with Gasteiger partial charge in [-0.1, -0.05) is 0 Å². The van der Waals surface area contributed by atoms with Crippen LogP contribution < -0.4 is 15.0 Å². The lowest BCUT2D eigenvalue weighted by atomic mass is 10.2. The maximum absolute atomic E-state index is 12.1. The Bertz CT molecular complexity index is 585. The van der Waals surface area contributed by atoms with Crippen molar-refractivity contribution in [1.29, 1.82) is 0 Å². The van der Waals surface area contributed by atoms with Crippen LogP contribution in [0.4, 0.5) is 5.69 Å². The molecule has 0 spiro atoms. The molecule has 1 atom stereocenters. The van der Waals surface area contributed by atoms with Crippen LogP contribution >= 0.6 is 0 Å². The number of ether oxygens (including phenoxy) is 2. The standard InChI is InChI=1S/C16H20N2O5/c1-3-22-13-7-5-12(6-8-13)18-10-11(9-14(18)19)17-15(20)16(21)23-4-2/h5-8,11H,3-4,9-10H2,1-2H3,(H,17,20)/t11-/m1/s1. The van der Waals surface area contributed by atoms with E-state index >= 15 is 0 Å². The van der Waals surface area contributed by atoms with Crippen molar-refractivity contribution < 1.29 is 23.9 Å². The second kappa shape index (κ2) is 7.62. The quantitative estimate of drug-likeness (QED) is 0.643. The summed E-state index contributed by atoms with van der Waals surface area (Å²) in [4.78, 5) is 36.6. The molecule has 2 amide bonds. The number of nitrogens with one attached hydrogen (secondary N) is 1. The summed E-state index contributed by atoms with van der Waals surface area (Å²) in [5.41, 5.74) is 0.728. The molecule has 1 aliphatic rings. The Hall–Kier alpha value is -2.57. The third-order valence-corrected chi connectivity index (χ3v) is 3.38. The molecule has 0 bridgehead atoms. The van der Waals surface area contributed by atoms with Crippen LogP contribution in [0.1, 0.15) is 20.3 Å². The molecule has 1 aliphatic heterocycles. The number of carbonyl (C=O) groups is 3. The van der Waals surface area contributed by atoms with Gasteiger partial charge in [0.05, 0.1) is 19.3 Å². The van der Waals surface area contributed by atoms with Crippen molar-refractivity contribution in [3.63, 3.8) is 0 Å². The van der Waals surface area contributed by atoms with E-state index in [1.54, 1.807) is 36.1 Å². The van der Waals surface area contributed by atoms with Gasteiger partial charge in [0.1, 0.15) is 5.75 Å². The Kier molecular flexibility index (Phi) is 5.56. The van der Waals surface area contributed by atoms with Crippen LogP contribution in [0.3, 0.4) is 0 Å². The Balaban J connectivity index is 1.96. The fraction of sp³-hybridized carbons (Fsp3) is 0.438. The van der Waals surface area contributed by atoms with Gasteiger partial charge < -0.3 is 19.7 Å². The summed E-state index contributed by atoms with van der Waals surface area (Å²) in [6, 6.07) is 6.75. The lowest BCUT2D eigenvalue weighted by molar-refractivity contribution is -0.154. The van der Waals surface area contributed by atoms with Crippen LogP contribution in [0.25, 0.3) is 0 Å². The molecule has 124 valence electrons. The SMILES string of the molecule is CCOC(=O)C(=O)N[C@@H]1CC(=O)N(c2ccc(OCC)cc2)C1. The van der Waals surface area contributed by atoms with E-state index in [-0.39, 0.29) is 18.9 Å². The first-order chi connectivity index (χ1) is 11.0. The Morgan fingerprint density at radius 1 is 1.22 bits per heavy atom. The molecule has 1 N–H and O–H groups in total. The van der Waals surface area contributed by atoms with Gasteiger partial charge in [0, 0.05) is 18.7 Å². The van der Waals surface area contributed by atoms with Gasteiger partial charge in [0.25, 0.3) is 0 Å². The summed E-state index contributed by atoms with van der Waals surface area (Å²) in [5, 5.41) is 2.52. The van der Waals surface area contributed by atoms with Gasteiger partial charge in [-0.3, -0.25) is 9.59 Å². The van der Waals surface area contributed by atoms with Crippen molar-refractivity contribution in [1.82, 2.24) is 5.32 Å². The average molecular weight is 320 g/mol. The highest BCUT2D eigenvalue weighted by Crippen LogP contribution is 2.24. The van der Waals surface area contributed by atoms with Gasteiger partial charge in [0.2, 0.25) is 5.91 Å². The predicted octanol–water partition coefficient (Wildman–Crippen LogP) is 0.870. The molecule has 1 saturated heterocycles. The van der Waals surface area contributed by atoms with E-state index in [2.05, 4.69) is 10.1 Å². The van der Waals surface area contributed by atoms with Gasteiger partial charge in [0.15, 0.2) is 0 Å². The van der Waals surface area contributed by atoms with E-state index < -0.39 is 17.9 Å². The molecule has 1 heterocycles. The molecule has 23 heavy (non-hydrogen) atoms. The van der Waals surface area contributed by atoms with Crippen LogP contribution in [0.2, 0.25) is 0 Å². The first-order valence-electron chi connectivity index (χ1n) is 7.56. The molecule has 1 aromatic carbocycles. The lowest BCUT2D eigenvalue weighted by Crippen LogP contribution is -2.41. The molecule has 1 fully saturated rings. The summed E-state index contributed by atoms with van der Waals surface area (Å²) in [5.74, 6) is -1.13. The Morgan fingerprint density at radius 3 is 2.52 bits per heavy atom. The van der Waals surface area contributed by atoms with Gasteiger partial charge in [-0.25, -0.2) is 4.79 Å². The molecule has 0 aromatic heterocycles. The topological polar surface area (TPSA) is 84.9 Å². The number of nitrogens with zero attached hydrogens (tertiary/aromatic N) is 1. The van der Waals surface area contributed by atoms with E-state index in [9.17, 15) is 14.4 Å². The largest absolute Gasteiger partial charge is 0.494 e. The summed E-state index contributed by atoms with van der Waals surface area (Å²) < 4.78 is 9.99. The molecule has 0 unspecified atom stereocenters. The van der Waals surface area contributed by atoms with Gasteiger partial charge in [-0.05, 0) is 38.1 Å². The smallest absolute Gasteiger partial charge is 0.396 e. The van der Waals surface area contributed by atoms with Gasteiger partial charge in [-0.2, -0.15) is 0 Å². The highest BCUT2D eigenvalue weighted by atomic mass is 16.5. The van der Waals surface area contributed by atoms with Crippen LogP contribution in [0.5, 0.6) is 5.75 Å². The number of hydrogen-bond acceptors (Lipinski definition) is 5. The lowest BCUT2D eigenvalue weighted by Gasteiger charge is -2.17. The highest BCUT2D eigenvalue weighted by molar-refractivity contribution is 6.32. The number of anilines is 1. The van der Waals surface area contributed by atoms with Gasteiger partial charge in [-0.15, -0.1) is 0 Å². The van der Waals surface area contributed by atoms with Crippen LogP contribution in [0, 0.1) is 0 Å². The molecule has 7 nitrogen and oxygen atoms in total. The third-order valence-electron chi connectivity index (χ3n) is 3.38. The van der Waals surface area contributed by atoms with Crippen molar-refractivity contribution in [2.75, 3.05) is 24.7 Å². The minimum atomic E-state index is -0.931. The first kappa shape index (κ1) is 16.8. The predicted molar refractivity (Wildman–Crippen MR) is 83.1 cm³/mol. The summed E-state index contributed by atoms with van der Waals surface area (Å²) in [7, 11) is 0. The van der Waals surface area contributed by atoms with Crippen molar-refractivity contribution in [3.05, 3.63) is 24.3 Å². The number of benzene rings is 1. The van der Waals surface area contributed by atoms with Crippen LogP contribution in [0.15, 0.2) is 24.3 Å². The van der Waals surface area contributed by atoms with Crippen molar-refractivity contribution in [2.45, 2.75) is 26.3 Å². The highest BCUT2D eigenvalue weighted by Gasteiger charge is 2.33. The van der Waals surface area contributed by atoms with E-state index in [1.165, 1.54) is 0 Å². The molecule has 7 heteroatoms. The zero-order valence-electron chi connectivity index (χ0n) is 13.2. The van der Waals surface area contributed by atoms with E-state index in [1.807, 2.05) is 6.92 Å². The maximum atomic E-state index is 12.1. The molecular formula is C16H20N2O5. The summed E-state index contributed by atoms with van der Waals surface area (Å²) >= 11 is 0. The van der Waals surface area contributed by atoms with Crippen molar-refractivity contribution in [3.8, 4) is 5.75 Å². The fourth-order valence-electron chi connectivity index (χ4n) is 2.38. The normalized spacial score (nSPS) is 17.0. The van der Waals surface area contributed by atoms with Crippen LogP contribution in [-0.2, 0) is 19.1 Å². The molecule has 0 aliphatic carbocycles. The minimum Gasteiger partial charge on any atom is -0.494 e. The maximum Gasteiger partial charge on any atom is 0.396 e. The number of carbonyl (C=O) groups excluding carboxylic acids is 3. The zero-order valence-corrected chi connectivity index (χ0v) is 13.2. The molecule has 1 aromatic rings. The number of hydrogen-bond donors (Lipinski definition) is 1.